The van der Waals surface area contributed by atoms with Crippen molar-refractivity contribution in [3.63, 3.8) is 0 Å². The molecular weight excluding hydrogens is 296 g/mol. The van der Waals surface area contributed by atoms with Crippen molar-refractivity contribution in [3.8, 4) is 5.75 Å². The molecule has 2 aromatic rings. The van der Waals surface area contributed by atoms with Crippen molar-refractivity contribution in [2.24, 2.45) is 0 Å². The van der Waals surface area contributed by atoms with Crippen LogP contribution in [0.4, 0.5) is 11.4 Å². The normalized spacial score (nSPS) is 10.9. The Labute approximate surface area is 121 Å². The molecular formula is C13H12N2O5S. The summed E-state index contributed by atoms with van der Waals surface area (Å²) >= 11 is 0. The first-order valence-electron chi connectivity index (χ1n) is 5.84. The van der Waals surface area contributed by atoms with Gasteiger partial charge in [0, 0.05) is 11.8 Å². The Morgan fingerprint density at radius 3 is 2.38 bits per heavy atom. The quantitative estimate of drug-likeness (QED) is 0.675. The van der Waals surface area contributed by atoms with Gasteiger partial charge in [-0.1, -0.05) is 18.2 Å². The van der Waals surface area contributed by atoms with Crippen molar-refractivity contribution in [2.75, 3.05) is 11.8 Å². The maximum absolute atomic E-state index is 12.3. The molecule has 0 atom stereocenters. The molecule has 8 heteroatoms. The number of nitro benzene ring substituents is 1. The van der Waals surface area contributed by atoms with Crippen LogP contribution in [-0.4, -0.2) is 20.5 Å². The van der Waals surface area contributed by atoms with E-state index in [-0.39, 0.29) is 16.3 Å². The van der Waals surface area contributed by atoms with Gasteiger partial charge in [-0.3, -0.25) is 14.8 Å². The van der Waals surface area contributed by atoms with Gasteiger partial charge in [-0.2, -0.15) is 0 Å². The Morgan fingerprint density at radius 2 is 1.81 bits per heavy atom. The number of ether oxygens (including phenoxy) is 1. The van der Waals surface area contributed by atoms with Crippen molar-refractivity contribution in [2.45, 2.75) is 4.90 Å². The fraction of sp³-hybridized carbons (Fsp3) is 0.0769. The highest BCUT2D eigenvalue weighted by atomic mass is 32.2. The molecule has 0 radical (unpaired) electrons. The lowest BCUT2D eigenvalue weighted by molar-refractivity contribution is -0.385. The number of methoxy groups -OCH3 is 1. The highest BCUT2D eigenvalue weighted by Gasteiger charge is 2.22. The van der Waals surface area contributed by atoms with E-state index in [4.69, 9.17) is 4.74 Å². The molecule has 0 unspecified atom stereocenters. The van der Waals surface area contributed by atoms with E-state index in [2.05, 4.69) is 4.72 Å². The van der Waals surface area contributed by atoms with Crippen LogP contribution in [0.1, 0.15) is 0 Å². The van der Waals surface area contributed by atoms with Crippen LogP contribution in [0.25, 0.3) is 0 Å². The van der Waals surface area contributed by atoms with Gasteiger partial charge in [0.05, 0.1) is 18.1 Å². The number of nitrogens with one attached hydrogen (secondary N) is 1. The fourth-order valence-corrected chi connectivity index (χ4v) is 2.92. The molecule has 0 saturated carbocycles. The van der Waals surface area contributed by atoms with E-state index in [1.807, 2.05) is 0 Å². The molecule has 2 aromatic carbocycles. The summed E-state index contributed by atoms with van der Waals surface area (Å²) in [7, 11) is -2.65. The van der Waals surface area contributed by atoms with Gasteiger partial charge < -0.3 is 4.74 Å². The zero-order valence-electron chi connectivity index (χ0n) is 11.0. The molecule has 21 heavy (non-hydrogen) atoms. The maximum Gasteiger partial charge on any atom is 0.273 e. The number of nitrogens with zero attached hydrogens (tertiary/aromatic N) is 1. The molecule has 7 nitrogen and oxygen atoms in total. The number of benzene rings is 2. The van der Waals surface area contributed by atoms with Crippen LogP contribution >= 0.6 is 0 Å². The molecule has 0 bridgehead atoms. The molecule has 110 valence electrons. The molecule has 0 heterocycles. The minimum atomic E-state index is -3.90. The Morgan fingerprint density at radius 1 is 1.14 bits per heavy atom. The molecule has 0 spiro atoms. The maximum atomic E-state index is 12.3. The van der Waals surface area contributed by atoms with E-state index in [0.29, 0.717) is 5.69 Å². The van der Waals surface area contributed by atoms with Crippen LogP contribution in [0.5, 0.6) is 5.75 Å². The summed E-state index contributed by atoms with van der Waals surface area (Å²) in [4.78, 5) is 9.92. The summed E-state index contributed by atoms with van der Waals surface area (Å²) in [6, 6.07) is 11.6. The molecule has 0 aliphatic carbocycles. The van der Waals surface area contributed by atoms with Crippen molar-refractivity contribution < 1.29 is 18.1 Å². The van der Waals surface area contributed by atoms with E-state index in [1.54, 1.807) is 30.3 Å². The van der Waals surface area contributed by atoms with Gasteiger partial charge in [0.1, 0.15) is 10.6 Å². The monoisotopic (exact) mass is 308 g/mol. The first-order chi connectivity index (χ1) is 9.94. The summed E-state index contributed by atoms with van der Waals surface area (Å²) in [5.41, 5.74) is 0.142. The van der Waals surface area contributed by atoms with Crippen LogP contribution in [0.2, 0.25) is 0 Å². The molecule has 0 saturated heterocycles. The molecule has 0 aliphatic heterocycles. The summed E-state index contributed by atoms with van der Waals surface area (Å²) < 4.78 is 31.9. The van der Waals surface area contributed by atoms with Crippen LogP contribution in [-0.2, 0) is 10.0 Å². The molecule has 0 fully saturated rings. The second kappa shape index (κ2) is 5.80. The lowest BCUT2D eigenvalue weighted by Gasteiger charge is -2.11. The highest BCUT2D eigenvalue weighted by molar-refractivity contribution is 7.92. The Hall–Kier alpha value is -2.61. The zero-order chi connectivity index (χ0) is 15.5. The number of sulfonamides is 1. The second-order valence-electron chi connectivity index (χ2n) is 4.06. The van der Waals surface area contributed by atoms with Gasteiger partial charge in [0.2, 0.25) is 0 Å². The first kappa shape index (κ1) is 14.8. The number of non-ortho nitro benzene ring substituents is 1. The average molecular weight is 308 g/mol. The zero-order valence-corrected chi connectivity index (χ0v) is 11.8. The molecule has 0 amide bonds. The lowest BCUT2D eigenvalue weighted by Crippen LogP contribution is -2.14. The van der Waals surface area contributed by atoms with E-state index in [1.165, 1.54) is 7.11 Å². The first-order valence-corrected chi connectivity index (χ1v) is 7.32. The van der Waals surface area contributed by atoms with E-state index >= 15 is 0 Å². The van der Waals surface area contributed by atoms with Gasteiger partial charge in [-0.15, -0.1) is 0 Å². The van der Waals surface area contributed by atoms with E-state index in [9.17, 15) is 18.5 Å². The standard InChI is InChI=1S/C13H12N2O5S/c1-20-12-9-11(15(16)17)7-8-13(12)21(18,19)14-10-5-3-2-4-6-10/h2-9,14H,1H3. The lowest BCUT2D eigenvalue weighted by atomic mass is 10.3. The number of rotatable bonds is 5. The third-order valence-corrected chi connectivity index (χ3v) is 4.09. The second-order valence-corrected chi connectivity index (χ2v) is 5.71. The molecule has 1 N–H and O–H groups in total. The predicted molar refractivity (Wildman–Crippen MR) is 76.9 cm³/mol. The molecule has 0 aliphatic rings. The average Bonchev–Trinajstić information content (AvgIpc) is 2.47. The van der Waals surface area contributed by atoms with Gasteiger partial charge >= 0.3 is 0 Å². The van der Waals surface area contributed by atoms with Gasteiger partial charge in [0.15, 0.2) is 0 Å². The van der Waals surface area contributed by atoms with E-state index in [0.717, 1.165) is 18.2 Å². The summed E-state index contributed by atoms with van der Waals surface area (Å²) in [6.45, 7) is 0. The highest BCUT2D eigenvalue weighted by Crippen LogP contribution is 2.29. The fourth-order valence-electron chi connectivity index (χ4n) is 1.71. The Balaban J connectivity index is 2.42. The number of hydrogen-bond acceptors (Lipinski definition) is 5. The predicted octanol–water partition coefficient (Wildman–Crippen LogP) is 2.40. The smallest absolute Gasteiger partial charge is 0.273 e. The number of para-hydroxylation sites is 1. The van der Waals surface area contributed by atoms with E-state index < -0.39 is 14.9 Å². The van der Waals surface area contributed by atoms with Crippen molar-refractivity contribution >= 4 is 21.4 Å². The van der Waals surface area contributed by atoms with Crippen molar-refractivity contribution in [3.05, 3.63) is 58.6 Å². The minimum absolute atomic E-state index is 0.0902. The van der Waals surface area contributed by atoms with Crippen molar-refractivity contribution in [1.29, 1.82) is 0 Å². The van der Waals surface area contributed by atoms with Gasteiger partial charge in [-0.05, 0) is 18.2 Å². The number of nitro groups is 1. The van der Waals surface area contributed by atoms with Crippen LogP contribution in [0.15, 0.2) is 53.4 Å². The molecule has 2 rings (SSSR count). The summed E-state index contributed by atoms with van der Waals surface area (Å²) in [5, 5.41) is 10.7. The largest absolute Gasteiger partial charge is 0.495 e. The number of anilines is 1. The Bertz CT molecular complexity index is 759. The third kappa shape index (κ3) is 3.29. The summed E-state index contributed by atoms with van der Waals surface area (Å²) in [6.07, 6.45) is 0. The third-order valence-electron chi connectivity index (χ3n) is 2.67. The summed E-state index contributed by atoms with van der Waals surface area (Å²) in [5.74, 6) is -0.0902. The Kier molecular flexibility index (Phi) is 4.08. The van der Waals surface area contributed by atoms with Gasteiger partial charge in [-0.25, -0.2) is 8.42 Å². The topological polar surface area (TPSA) is 98.5 Å². The molecule has 0 aromatic heterocycles. The van der Waals surface area contributed by atoms with Crippen LogP contribution < -0.4 is 9.46 Å². The van der Waals surface area contributed by atoms with Crippen LogP contribution in [0, 0.1) is 10.1 Å². The minimum Gasteiger partial charge on any atom is -0.495 e. The van der Waals surface area contributed by atoms with Crippen LogP contribution in [0.3, 0.4) is 0 Å². The van der Waals surface area contributed by atoms with Crippen molar-refractivity contribution in [1.82, 2.24) is 0 Å². The van der Waals surface area contributed by atoms with Gasteiger partial charge in [0.25, 0.3) is 15.7 Å². The SMILES string of the molecule is COc1cc([N+](=O)[O-])ccc1S(=O)(=O)Nc1ccccc1. The number of hydrogen-bond donors (Lipinski definition) is 1.